The Labute approximate surface area is 148 Å². The molecule has 0 aromatic heterocycles. The number of hydrogen-bond acceptors (Lipinski definition) is 3. The fourth-order valence-corrected chi connectivity index (χ4v) is 2.37. The number of nitrogens with one attached hydrogen (secondary N) is 1. The average molecular weight is 340 g/mol. The maximum atomic E-state index is 12.6. The zero-order chi connectivity index (χ0) is 18.4. The van der Waals surface area contributed by atoms with Gasteiger partial charge >= 0.3 is 0 Å². The Balaban J connectivity index is 2.03. The van der Waals surface area contributed by atoms with Crippen LogP contribution in [-0.2, 0) is 16.0 Å². The van der Waals surface area contributed by atoms with E-state index in [-0.39, 0.29) is 12.3 Å². The number of likely N-dealkylation sites (N-methyl/N-ethyl adjacent to an activating group) is 1. The highest BCUT2D eigenvalue weighted by atomic mass is 16.3. The molecule has 0 radical (unpaired) electrons. The van der Waals surface area contributed by atoms with E-state index in [0.717, 1.165) is 11.3 Å². The Hall–Kier alpha value is -2.66. The van der Waals surface area contributed by atoms with Gasteiger partial charge in [-0.3, -0.25) is 9.59 Å². The van der Waals surface area contributed by atoms with Gasteiger partial charge in [-0.15, -0.1) is 0 Å². The molecular weight excluding hydrogens is 316 g/mol. The van der Waals surface area contributed by atoms with E-state index in [1.54, 1.807) is 29.2 Å². The molecule has 25 heavy (non-hydrogen) atoms. The van der Waals surface area contributed by atoms with Crippen LogP contribution in [0.15, 0.2) is 54.6 Å². The average Bonchev–Trinajstić information content (AvgIpc) is 2.57. The molecular formula is C20H24N2O3. The number of benzene rings is 2. The molecule has 0 aliphatic rings. The van der Waals surface area contributed by atoms with E-state index >= 15 is 0 Å². The summed E-state index contributed by atoms with van der Waals surface area (Å²) >= 11 is 0. The monoisotopic (exact) mass is 340 g/mol. The molecule has 5 heteroatoms. The number of aliphatic hydroxyl groups is 1. The molecule has 0 spiro atoms. The molecule has 0 saturated heterocycles. The number of nitrogens with zero attached hydrogens (tertiary/aromatic N) is 1. The first-order valence-electron chi connectivity index (χ1n) is 8.29. The van der Waals surface area contributed by atoms with Crippen molar-refractivity contribution in [2.75, 3.05) is 16.8 Å². The summed E-state index contributed by atoms with van der Waals surface area (Å²) in [6, 6.07) is 16.6. The Morgan fingerprint density at radius 2 is 1.64 bits per heavy atom. The number of carbonyl (C=O) groups is 2. The second-order valence-corrected chi connectivity index (χ2v) is 6.36. The van der Waals surface area contributed by atoms with Crippen molar-refractivity contribution in [2.24, 2.45) is 0 Å². The minimum atomic E-state index is -1.44. The summed E-state index contributed by atoms with van der Waals surface area (Å²) in [6.07, 6.45) is 0.280. The van der Waals surface area contributed by atoms with Gasteiger partial charge in [0, 0.05) is 17.9 Å². The van der Waals surface area contributed by atoms with Gasteiger partial charge in [-0.1, -0.05) is 30.3 Å². The Morgan fingerprint density at radius 3 is 2.16 bits per heavy atom. The second kappa shape index (κ2) is 7.94. The van der Waals surface area contributed by atoms with E-state index in [0.29, 0.717) is 12.2 Å². The first-order chi connectivity index (χ1) is 11.8. The predicted molar refractivity (Wildman–Crippen MR) is 99.5 cm³/mol. The van der Waals surface area contributed by atoms with Gasteiger partial charge in [-0.25, -0.2) is 0 Å². The minimum absolute atomic E-state index is 0.0157. The van der Waals surface area contributed by atoms with Crippen LogP contribution in [0.5, 0.6) is 0 Å². The maximum Gasteiger partial charge on any atom is 0.255 e. The number of anilines is 2. The lowest BCUT2D eigenvalue weighted by atomic mass is 10.1. The third-order valence-corrected chi connectivity index (χ3v) is 3.81. The van der Waals surface area contributed by atoms with Crippen molar-refractivity contribution in [2.45, 2.75) is 32.8 Å². The second-order valence-electron chi connectivity index (χ2n) is 6.36. The normalized spacial score (nSPS) is 11.0. The molecule has 0 bridgehead atoms. The number of rotatable bonds is 6. The van der Waals surface area contributed by atoms with Gasteiger partial charge in [0.15, 0.2) is 0 Å². The van der Waals surface area contributed by atoms with Gasteiger partial charge in [0.1, 0.15) is 5.60 Å². The van der Waals surface area contributed by atoms with Gasteiger partial charge in [0.25, 0.3) is 5.91 Å². The van der Waals surface area contributed by atoms with Gasteiger partial charge in [-0.2, -0.15) is 0 Å². The van der Waals surface area contributed by atoms with Crippen LogP contribution in [0.3, 0.4) is 0 Å². The van der Waals surface area contributed by atoms with Crippen molar-refractivity contribution in [3.05, 3.63) is 60.2 Å². The fourth-order valence-electron chi connectivity index (χ4n) is 2.37. The van der Waals surface area contributed by atoms with Crippen molar-refractivity contribution in [3.8, 4) is 0 Å². The third-order valence-electron chi connectivity index (χ3n) is 3.81. The summed E-state index contributed by atoms with van der Waals surface area (Å²) in [5.41, 5.74) is 0.884. The molecule has 2 rings (SSSR count). The van der Waals surface area contributed by atoms with Crippen molar-refractivity contribution in [3.63, 3.8) is 0 Å². The van der Waals surface area contributed by atoms with Crippen molar-refractivity contribution >= 4 is 23.2 Å². The lowest BCUT2D eigenvalue weighted by molar-refractivity contribution is -0.130. The summed E-state index contributed by atoms with van der Waals surface area (Å²) < 4.78 is 0. The molecule has 0 saturated carbocycles. The van der Waals surface area contributed by atoms with E-state index in [1.807, 2.05) is 37.3 Å². The molecule has 2 N–H and O–H groups in total. The summed E-state index contributed by atoms with van der Waals surface area (Å²) in [7, 11) is 0. The molecule has 0 aliphatic heterocycles. The predicted octanol–water partition coefficient (Wildman–Crippen LogP) is 2.99. The first kappa shape index (κ1) is 18.7. The summed E-state index contributed by atoms with van der Waals surface area (Å²) in [5, 5.41) is 12.3. The Kier molecular flexibility index (Phi) is 5.93. The molecule has 132 valence electrons. The summed E-state index contributed by atoms with van der Waals surface area (Å²) in [5.74, 6) is -0.459. The van der Waals surface area contributed by atoms with Crippen molar-refractivity contribution in [1.82, 2.24) is 0 Å². The highest BCUT2D eigenvalue weighted by Crippen LogP contribution is 2.17. The molecule has 0 atom stereocenters. The number of hydrogen-bond donors (Lipinski definition) is 2. The summed E-state index contributed by atoms with van der Waals surface area (Å²) in [6.45, 7) is 5.40. The number of carbonyl (C=O) groups excluding carboxylic acids is 2. The van der Waals surface area contributed by atoms with Gasteiger partial charge in [0.05, 0.1) is 6.42 Å². The lowest BCUT2D eigenvalue weighted by Crippen LogP contribution is -2.36. The zero-order valence-electron chi connectivity index (χ0n) is 14.8. The van der Waals surface area contributed by atoms with E-state index in [2.05, 4.69) is 5.32 Å². The van der Waals surface area contributed by atoms with E-state index in [4.69, 9.17) is 0 Å². The Bertz CT molecular complexity index is 719. The van der Waals surface area contributed by atoms with E-state index in [1.165, 1.54) is 13.8 Å². The minimum Gasteiger partial charge on any atom is -0.381 e. The van der Waals surface area contributed by atoms with Crippen molar-refractivity contribution in [1.29, 1.82) is 0 Å². The molecule has 2 aromatic rings. The Morgan fingerprint density at radius 1 is 1.04 bits per heavy atom. The van der Waals surface area contributed by atoms with E-state index < -0.39 is 11.5 Å². The lowest BCUT2D eigenvalue weighted by Gasteiger charge is -2.21. The molecule has 5 nitrogen and oxygen atoms in total. The highest BCUT2D eigenvalue weighted by molar-refractivity contribution is 5.97. The zero-order valence-corrected chi connectivity index (χ0v) is 14.8. The largest absolute Gasteiger partial charge is 0.381 e. The molecule has 2 aromatic carbocycles. The van der Waals surface area contributed by atoms with Crippen LogP contribution in [0.4, 0.5) is 11.4 Å². The van der Waals surface area contributed by atoms with Crippen LogP contribution in [0.25, 0.3) is 0 Å². The maximum absolute atomic E-state index is 12.6. The van der Waals surface area contributed by atoms with Crippen LogP contribution in [0.1, 0.15) is 26.3 Å². The fraction of sp³-hybridized carbons (Fsp3) is 0.300. The molecule has 2 amide bonds. The standard InChI is InChI=1S/C20H24N2O3/c1-4-22(17-8-6-5-7-9-17)18(23)14-15-10-12-16(13-11-15)21-19(24)20(2,3)25/h5-13,25H,4,14H2,1-3H3,(H,21,24). The van der Waals surface area contributed by atoms with Crippen LogP contribution >= 0.6 is 0 Å². The third kappa shape index (κ3) is 5.16. The quantitative estimate of drug-likeness (QED) is 0.849. The highest BCUT2D eigenvalue weighted by Gasteiger charge is 2.23. The molecule has 0 unspecified atom stereocenters. The first-order valence-corrected chi connectivity index (χ1v) is 8.29. The van der Waals surface area contributed by atoms with Crippen LogP contribution < -0.4 is 10.2 Å². The van der Waals surface area contributed by atoms with Gasteiger partial charge < -0.3 is 15.3 Å². The van der Waals surface area contributed by atoms with E-state index in [9.17, 15) is 14.7 Å². The van der Waals surface area contributed by atoms with Crippen molar-refractivity contribution < 1.29 is 14.7 Å². The SMILES string of the molecule is CCN(C(=O)Cc1ccc(NC(=O)C(C)(C)O)cc1)c1ccccc1. The topological polar surface area (TPSA) is 69.6 Å². The van der Waals surface area contributed by atoms with Gasteiger partial charge in [-0.05, 0) is 50.6 Å². The van der Waals surface area contributed by atoms with Crippen LogP contribution in [-0.4, -0.2) is 29.1 Å². The summed E-state index contributed by atoms with van der Waals surface area (Å²) in [4.78, 5) is 26.1. The van der Waals surface area contributed by atoms with Gasteiger partial charge in [0.2, 0.25) is 5.91 Å². The smallest absolute Gasteiger partial charge is 0.255 e. The van der Waals surface area contributed by atoms with Crippen LogP contribution in [0, 0.1) is 0 Å². The number of para-hydroxylation sites is 1. The molecule has 0 heterocycles. The van der Waals surface area contributed by atoms with Crippen LogP contribution in [0.2, 0.25) is 0 Å². The molecule has 0 fully saturated rings. The number of amides is 2. The molecule has 0 aliphatic carbocycles.